The molecule has 0 bridgehead atoms. The van der Waals surface area contributed by atoms with Crippen LogP contribution in [-0.4, -0.2) is 43.7 Å². The summed E-state index contributed by atoms with van der Waals surface area (Å²) in [6, 6.07) is 9.49. The zero-order valence-corrected chi connectivity index (χ0v) is 19.5. The zero-order chi connectivity index (χ0) is 22.4. The SMILES string of the molecule is CC(C)[C@@H](NC(=O)c1cccs1)C(=O)NCc1cccc(S(=O)(=O)N2CCCCC2)c1. The fraction of sp³-hybridized carbons (Fsp3) is 0.455. The molecule has 31 heavy (non-hydrogen) atoms. The number of piperidine rings is 1. The van der Waals surface area contributed by atoms with Gasteiger partial charge in [-0.15, -0.1) is 11.3 Å². The Balaban J connectivity index is 1.65. The third-order valence-electron chi connectivity index (χ3n) is 5.30. The lowest BCUT2D eigenvalue weighted by molar-refractivity contribution is -0.124. The number of thiophene rings is 1. The average molecular weight is 464 g/mol. The minimum atomic E-state index is -3.53. The Kier molecular flexibility index (Phi) is 7.85. The molecule has 2 aromatic rings. The first kappa shape index (κ1) is 23.4. The average Bonchev–Trinajstić information content (AvgIpc) is 3.31. The molecule has 0 spiro atoms. The molecule has 0 radical (unpaired) electrons. The summed E-state index contributed by atoms with van der Waals surface area (Å²) in [6.45, 7) is 5.00. The van der Waals surface area contributed by atoms with E-state index < -0.39 is 16.1 Å². The van der Waals surface area contributed by atoms with Gasteiger partial charge in [0.2, 0.25) is 15.9 Å². The standard InChI is InChI=1S/C22H29N3O4S2/c1-16(2)20(24-21(26)19-10-7-13-30-19)22(27)23-15-17-8-6-9-18(14-17)31(28,29)25-11-4-3-5-12-25/h6-10,13-14,16,20H,3-5,11-12,15H2,1-2H3,(H,23,27)(H,24,26)/t20-/m1/s1. The zero-order valence-electron chi connectivity index (χ0n) is 17.8. The molecule has 168 valence electrons. The van der Waals surface area contributed by atoms with Crippen LogP contribution in [0.3, 0.4) is 0 Å². The van der Waals surface area contributed by atoms with Crippen LogP contribution in [-0.2, 0) is 21.4 Å². The van der Waals surface area contributed by atoms with Gasteiger partial charge in [-0.25, -0.2) is 8.42 Å². The molecule has 0 unspecified atom stereocenters. The summed E-state index contributed by atoms with van der Waals surface area (Å²) in [7, 11) is -3.53. The summed E-state index contributed by atoms with van der Waals surface area (Å²) in [5.74, 6) is -0.683. The smallest absolute Gasteiger partial charge is 0.262 e. The Hall–Kier alpha value is -2.23. The Morgan fingerprint density at radius 1 is 1.10 bits per heavy atom. The van der Waals surface area contributed by atoms with Gasteiger partial charge in [-0.3, -0.25) is 9.59 Å². The van der Waals surface area contributed by atoms with Gasteiger partial charge in [-0.1, -0.05) is 38.5 Å². The molecule has 2 heterocycles. The first-order valence-corrected chi connectivity index (χ1v) is 12.8. The Labute approximate surface area is 187 Å². The number of nitrogens with zero attached hydrogens (tertiary/aromatic N) is 1. The minimum absolute atomic E-state index is 0.102. The molecule has 3 rings (SSSR count). The number of nitrogens with one attached hydrogen (secondary N) is 2. The first-order chi connectivity index (χ1) is 14.8. The van der Waals surface area contributed by atoms with E-state index in [4.69, 9.17) is 0 Å². The van der Waals surface area contributed by atoms with E-state index in [1.165, 1.54) is 15.6 Å². The van der Waals surface area contributed by atoms with Crippen LogP contribution in [0.25, 0.3) is 0 Å². The molecule has 1 atom stereocenters. The lowest BCUT2D eigenvalue weighted by atomic mass is 10.0. The lowest BCUT2D eigenvalue weighted by Crippen LogP contribution is -2.49. The van der Waals surface area contributed by atoms with Gasteiger partial charge < -0.3 is 10.6 Å². The molecule has 0 saturated carbocycles. The van der Waals surface area contributed by atoms with Gasteiger partial charge in [0, 0.05) is 19.6 Å². The Morgan fingerprint density at radius 2 is 1.84 bits per heavy atom. The molecule has 1 aliphatic rings. The van der Waals surface area contributed by atoms with E-state index in [0.29, 0.717) is 23.5 Å². The van der Waals surface area contributed by atoms with Crippen molar-refractivity contribution in [3.8, 4) is 0 Å². The van der Waals surface area contributed by atoms with Gasteiger partial charge in [-0.2, -0.15) is 4.31 Å². The molecular weight excluding hydrogens is 434 g/mol. The number of benzene rings is 1. The molecule has 2 amide bonds. The minimum Gasteiger partial charge on any atom is -0.350 e. The van der Waals surface area contributed by atoms with Crippen molar-refractivity contribution in [3.63, 3.8) is 0 Å². The van der Waals surface area contributed by atoms with Crippen LogP contribution in [0.1, 0.15) is 48.3 Å². The summed E-state index contributed by atoms with van der Waals surface area (Å²) in [5, 5.41) is 7.43. The Bertz CT molecular complexity index is 998. The van der Waals surface area contributed by atoms with Gasteiger partial charge in [0.05, 0.1) is 9.77 Å². The van der Waals surface area contributed by atoms with Crippen molar-refractivity contribution in [2.75, 3.05) is 13.1 Å². The van der Waals surface area contributed by atoms with Crippen molar-refractivity contribution in [1.82, 2.24) is 14.9 Å². The summed E-state index contributed by atoms with van der Waals surface area (Å²) in [6.07, 6.45) is 2.81. The summed E-state index contributed by atoms with van der Waals surface area (Å²) in [4.78, 5) is 25.9. The highest BCUT2D eigenvalue weighted by atomic mass is 32.2. The van der Waals surface area contributed by atoms with Gasteiger partial charge in [0.25, 0.3) is 5.91 Å². The van der Waals surface area contributed by atoms with Gasteiger partial charge in [0.1, 0.15) is 6.04 Å². The molecule has 2 N–H and O–H groups in total. The second-order valence-electron chi connectivity index (χ2n) is 8.00. The fourth-order valence-electron chi connectivity index (χ4n) is 3.52. The highest BCUT2D eigenvalue weighted by Gasteiger charge is 2.27. The third kappa shape index (κ3) is 5.93. The quantitative estimate of drug-likeness (QED) is 0.629. The molecule has 1 saturated heterocycles. The second-order valence-corrected chi connectivity index (χ2v) is 10.9. The number of carbonyl (C=O) groups excluding carboxylic acids is 2. The monoisotopic (exact) mass is 463 g/mol. The van der Waals surface area contributed by atoms with E-state index in [1.54, 1.807) is 36.4 Å². The number of hydrogen-bond donors (Lipinski definition) is 2. The molecule has 9 heteroatoms. The van der Waals surface area contributed by atoms with Crippen molar-refractivity contribution in [3.05, 3.63) is 52.2 Å². The molecular formula is C22H29N3O4S2. The lowest BCUT2D eigenvalue weighted by Gasteiger charge is -2.26. The van der Waals surface area contributed by atoms with E-state index in [1.807, 2.05) is 19.2 Å². The van der Waals surface area contributed by atoms with E-state index in [9.17, 15) is 18.0 Å². The van der Waals surface area contributed by atoms with Crippen LogP contribution in [0, 0.1) is 5.92 Å². The molecule has 1 aromatic carbocycles. The van der Waals surface area contributed by atoms with Crippen LogP contribution in [0.5, 0.6) is 0 Å². The number of carbonyl (C=O) groups is 2. The normalized spacial score (nSPS) is 16.1. The van der Waals surface area contributed by atoms with Crippen LogP contribution < -0.4 is 10.6 Å². The van der Waals surface area contributed by atoms with Gasteiger partial charge in [0.15, 0.2) is 0 Å². The largest absolute Gasteiger partial charge is 0.350 e. The van der Waals surface area contributed by atoms with Crippen molar-refractivity contribution >= 4 is 33.2 Å². The fourth-order valence-corrected chi connectivity index (χ4v) is 5.74. The molecule has 1 aromatic heterocycles. The van der Waals surface area contributed by atoms with E-state index >= 15 is 0 Å². The maximum absolute atomic E-state index is 12.9. The summed E-state index contributed by atoms with van der Waals surface area (Å²) >= 11 is 1.32. The predicted molar refractivity (Wildman–Crippen MR) is 121 cm³/mol. The van der Waals surface area contributed by atoms with Gasteiger partial charge in [-0.05, 0) is 47.9 Å². The summed E-state index contributed by atoms with van der Waals surface area (Å²) < 4.78 is 27.3. The van der Waals surface area contributed by atoms with Crippen LogP contribution >= 0.6 is 11.3 Å². The Morgan fingerprint density at radius 3 is 2.48 bits per heavy atom. The second kappa shape index (κ2) is 10.4. The van der Waals surface area contributed by atoms with E-state index in [-0.39, 0.29) is 29.2 Å². The van der Waals surface area contributed by atoms with Crippen molar-refractivity contribution in [1.29, 1.82) is 0 Å². The molecule has 1 aliphatic heterocycles. The molecule has 1 fully saturated rings. The molecule has 7 nitrogen and oxygen atoms in total. The molecule has 0 aliphatic carbocycles. The summed E-state index contributed by atoms with van der Waals surface area (Å²) in [5.41, 5.74) is 0.693. The van der Waals surface area contributed by atoms with Crippen molar-refractivity contribution < 1.29 is 18.0 Å². The van der Waals surface area contributed by atoms with Crippen LogP contribution in [0.15, 0.2) is 46.7 Å². The number of rotatable bonds is 8. The third-order valence-corrected chi connectivity index (χ3v) is 8.06. The van der Waals surface area contributed by atoms with Crippen LogP contribution in [0.2, 0.25) is 0 Å². The van der Waals surface area contributed by atoms with E-state index in [0.717, 1.165) is 19.3 Å². The van der Waals surface area contributed by atoms with Crippen LogP contribution in [0.4, 0.5) is 0 Å². The highest BCUT2D eigenvalue weighted by molar-refractivity contribution is 7.89. The maximum atomic E-state index is 12.9. The topological polar surface area (TPSA) is 95.6 Å². The first-order valence-electron chi connectivity index (χ1n) is 10.5. The number of hydrogen-bond acceptors (Lipinski definition) is 5. The number of sulfonamides is 1. The van der Waals surface area contributed by atoms with Crippen molar-refractivity contribution in [2.45, 2.75) is 50.6 Å². The highest BCUT2D eigenvalue weighted by Crippen LogP contribution is 2.21. The van der Waals surface area contributed by atoms with Gasteiger partial charge >= 0.3 is 0 Å². The predicted octanol–water partition coefficient (Wildman–Crippen LogP) is 2.99. The van der Waals surface area contributed by atoms with Crippen molar-refractivity contribution in [2.24, 2.45) is 5.92 Å². The maximum Gasteiger partial charge on any atom is 0.262 e. The number of amides is 2. The van der Waals surface area contributed by atoms with E-state index in [2.05, 4.69) is 10.6 Å².